The van der Waals surface area contributed by atoms with Gasteiger partial charge in [-0.1, -0.05) is 114 Å². The van der Waals surface area contributed by atoms with E-state index in [0.29, 0.717) is 34.2 Å². The fourth-order valence-electron chi connectivity index (χ4n) is 8.87. The molecule has 2 fully saturated rings. The Labute approximate surface area is 301 Å². The SMILES string of the molecule is Cc1ccc(C2(c3ccc(OC(=O)Oc4ccc(C5(c6ccccc6)CCC(C)(C)C(C)C5)cc4C)c(C)c3)CCC(C)(C)C(C)C2)cc1C. The van der Waals surface area contributed by atoms with Gasteiger partial charge < -0.3 is 9.47 Å². The minimum atomic E-state index is -0.709. The molecule has 6 rings (SSSR count). The van der Waals surface area contributed by atoms with Gasteiger partial charge >= 0.3 is 6.16 Å². The normalized spacial score (nSPS) is 25.9. The number of aryl methyl sites for hydroxylation is 4. The van der Waals surface area contributed by atoms with Gasteiger partial charge in [0.25, 0.3) is 0 Å². The number of hydrogen-bond acceptors (Lipinski definition) is 3. The van der Waals surface area contributed by atoms with Gasteiger partial charge in [0.2, 0.25) is 0 Å². The van der Waals surface area contributed by atoms with Gasteiger partial charge in [0, 0.05) is 10.8 Å². The second-order valence-corrected chi connectivity index (χ2v) is 17.4. The van der Waals surface area contributed by atoms with E-state index in [-0.39, 0.29) is 10.8 Å². The summed E-state index contributed by atoms with van der Waals surface area (Å²) < 4.78 is 11.8. The monoisotopic (exact) mass is 670 g/mol. The van der Waals surface area contributed by atoms with Crippen molar-refractivity contribution >= 4 is 6.16 Å². The van der Waals surface area contributed by atoms with Crippen LogP contribution in [-0.4, -0.2) is 6.16 Å². The summed E-state index contributed by atoms with van der Waals surface area (Å²) in [6, 6.07) is 30.6. The molecule has 2 aliphatic carbocycles. The molecule has 0 amide bonds. The zero-order valence-corrected chi connectivity index (χ0v) is 32.2. The number of hydrogen-bond donors (Lipinski definition) is 0. The lowest BCUT2D eigenvalue weighted by Crippen LogP contribution is -2.41. The lowest BCUT2D eigenvalue weighted by atomic mass is 9.55. The van der Waals surface area contributed by atoms with Gasteiger partial charge in [0.05, 0.1) is 0 Å². The molecule has 0 saturated heterocycles. The van der Waals surface area contributed by atoms with E-state index in [1.54, 1.807) is 0 Å². The van der Waals surface area contributed by atoms with Crippen LogP contribution in [0.1, 0.15) is 125 Å². The summed E-state index contributed by atoms with van der Waals surface area (Å²) in [4.78, 5) is 13.3. The molecule has 50 heavy (non-hydrogen) atoms. The van der Waals surface area contributed by atoms with Crippen molar-refractivity contribution in [3.8, 4) is 11.5 Å². The smallest absolute Gasteiger partial charge is 0.394 e. The Morgan fingerprint density at radius 1 is 0.520 bits per heavy atom. The second kappa shape index (κ2) is 13.4. The Hall–Kier alpha value is -3.85. The second-order valence-electron chi connectivity index (χ2n) is 17.4. The Bertz CT molecular complexity index is 1870. The average Bonchev–Trinajstić information content (AvgIpc) is 3.07. The van der Waals surface area contributed by atoms with E-state index in [0.717, 1.165) is 49.7 Å². The highest BCUT2D eigenvalue weighted by Gasteiger charge is 2.46. The molecule has 0 N–H and O–H groups in total. The van der Waals surface area contributed by atoms with Crippen molar-refractivity contribution in [1.29, 1.82) is 0 Å². The van der Waals surface area contributed by atoms with E-state index >= 15 is 0 Å². The van der Waals surface area contributed by atoms with Crippen LogP contribution < -0.4 is 9.47 Å². The maximum Gasteiger partial charge on any atom is 0.519 e. The standard InChI is InChI=1S/C47H58O3/c1-31-16-17-38(26-32(31)2)47(25-23-45(9,10)36(6)30-47)40-19-21-42(34(4)28-40)50-43(48)49-41-20-18-39(27-33(41)3)46(37-14-12-11-13-15-37)24-22-44(7,8)35(5)29-46/h11-21,26-28,35-36H,22-25,29-30H2,1-10H3. The van der Waals surface area contributed by atoms with E-state index in [1.165, 1.54) is 33.4 Å². The molecule has 264 valence electrons. The highest BCUT2D eigenvalue weighted by atomic mass is 16.7. The molecular weight excluding hydrogens is 613 g/mol. The van der Waals surface area contributed by atoms with Crippen molar-refractivity contribution in [2.24, 2.45) is 22.7 Å². The van der Waals surface area contributed by atoms with Crippen LogP contribution >= 0.6 is 0 Å². The van der Waals surface area contributed by atoms with Crippen LogP contribution in [0.15, 0.2) is 84.9 Å². The third kappa shape index (κ3) is 6.65. The molecule has 0 bridgehead atoms. The first-order chi connectivity index (χ1) is 23.6. The minimum absolute atomic E-state index is 0.0701. The predicted octanol–water partition coefficient (Wildman–Crippen LogP) is 12.8. The Morgan fingerprint density at radius 3 is 1.36 bits per heavy atom. The van der Waals surface area contributed by atoms with Crippen molar-refractivity contribution in [2.45, 2.75) is 119 Å². The van der Waals surface area contributed by atoms with Crippen molar-refractivity contribution < 1.29 is 14.3 Å². The van der Waals surface area contributed by atoms with Gasteiger partial charge in [0.15, 0.2) is 0 Å². The molecule has 0 aromatic heterocycles. The van der Waals surface area contributed by atoms with E-state index in [4.69, 9.17) is 9.47 Å². The lowest BCUT2D eigenvalue weighted by molar-refractivity contribution is 0.107. The minimum Gasteiger partial charge on any atom is -0.394 e. The molecule has 3 nitrogen and oxygen atoms in total. The number of benzene rings is 4. The lowest BCUT2D eigenvalue weighted by Gasteiger charge is -2.49. The van der Waals surface area contributed by atoms with Crippen LogP contribution in [0.2, 0.25) is 0 Å². The van der Waals surface area contributed by atoms with Gasteiger partial charge in [0.1, 0.15) is 11.5 Å². The van der Waals surface area contributed by atoms with E-state index < -0.39 is 6.16 Å². The summed E-state index contributed by atoms with van der Waals surface area (Å²) in [6.45, 7) is 22.9. The Kier molecular flexibility index (Phi) is 9.61. The Balaban J connectivity index is 1.23. The first kappa shape index (κ1) is 36.0. The maximum absolute atomic E-state index is 13.3. The van der Waals surface area contributed by atoms with E-state index in [2.05, 4.69) is 128 Å². The molecule has 2 aliphatic rings. The number of carbonyl (C=O) groups excluding carboxylic acids is 1. The zero-order chi connectivity index (χ0) is 36.1. The fraction of sp³-hybridized carbons (Fsp3) is 0.468. The van der Waals surface area contributed by atoms with Crippen LogP contribution in [0, 0.1) is 50.4 Å². The summed E-state index contributed by atoms with van der Waals surface area (Å²) in [5.74, 6) is 2.21. The van der Waals surface area contributed by atoms with Gasteiger partial charge in [-0.05, 0) is 146 Å². The number of ether oxygens (including phenoxy) is 2. The van der Waals surface area contributed by atoms with E-state index in [9.17, 15) is 4.79 Å². The molecule has 3 heteroatoms. The van der Waals surface area contributed by atoms with Crippen LogP contribution in [0.3, 0.4) is 0 Å². The van der Waals surface area contributed by atoms with Gasteiger partial charge in [-0.2, -0.15) is 0 Å². The molecule has 4 aromatic rings. The molecule has 0 spiro atoms. The molecular formula is C47H58O3. The van der Waals surface area contributed by atoms with Gasteiger partial charge in [-0.25, -0.2) is 4.79 Å². The first-order valence-corrected chi connectivity index (χ1v) is 18.8. The van der Waals surface area contributed by atoms with Crippen LogP contribution in [0.25, 0.3) is 0 Å². The first-order valence-electron chi connectivity index (χ1n) is 18.8. The highest BCUT2D eigenvalue weighted by Crippen LogP contribution is 2.55. The van der Waals surface area contributed by atoms with Crippen molar-refractivity contribution in [1.82, 2.24) is 0 Å². The van der Waals surface area contributed by atoms with Crippen LogP contribution in [0.4, 0.5) is 4.79 Å². The van der Waals surface area contributed by atoms with Crippen LogP contribution in [0.5, 0.6) is 11.5 Å². The molecule has 4 unspecified atom stereocenters. The topological polar surface area (TPSA) is 35.5 Å². The van der Waals surface area contributed by atoms with Gasteiger partial charge in [-0.3, -0.25) is 0 Å². The molecule has 0 radical (unpaired) electrons. The molecule has 4 atom stereocenters. The average molecular weight is 671 g/mol. The summed E-state index contributed by atoms with van der Waals surface area (Å²) in [6.07, 6.45) is 5.96. The van der Waals surface area contributed by atoms with Gasteiger partial charge in [-0.15, -0.1) is 0 Å². The van der Waals surface area contributed by atoms with E-state index in [1.807, 2.05) is 26.0 Å². The number of carbonyl (C=O) groups is 1. The predicted molar refractivity (Wildman–Crippen MR) is 207 cm³/mol. The van der Waals surface area contributed by atoms with Crippen molar-refractivity contribution in [2.75, 3.05) is 0 Å². The third-order valence-corrected chi connectivity index (χ3v) is 13.6. The highest BCUT2D eigenvalue weighted by molar-refractivity contribution is 5.68. The zero-order valence-electron chi connectivity index (χ0n) is 32.2. The molecule has 0 aliphatic heterocycles. The Morgan fingerprint density at radius 2 is 0.940 bits per heavy atom. The summed E-state index contributed by atoms with van der Waals surface area (Å²) in [7, 11) is 0. The summed E-state index contributed by atoms with van der Waals surface area (Å²) in [5.41, 5.74) is 10.3. The third-order valence-electron chi connectivity index (χ3n) is 13.6. The van der Waals surface area contributed by atoms with Crippen molar-refractivity contribution in [3.63, 3.8) is 0 Å². The fourth-order valence-corrected chi connectivity index (χ4v) is 8.87. The molecule has 4 aromatic carbocycles. The molecule has 0 heterocycles. The quantitative estimate of drug-likeness (QED) is 0.151. The number of rotatable bonds is 6. The largest absolute Gasteiger partial charge is 0.519 e. The molecule has 2 saturated carbocycles. The van der Waals surface area contributed by atoms with Crippen LogP contribution in [-0.2, 0) is 10.8 Å². The summed E-state index contributed by atoms with van der Waals surface area (Å²) in [5, 5.41) is 0. The maximum atomic E-state index is 13.3. The van der Waals surface area contributed by atoms with Crippen molar-refractivity contribution in [3.05, 3.63) is 129 Å². The summed E-state index contributed by atoms with van der Waals surface area (Å²) >= 11 is 0.